The molecule has 0 bridgehead atoms. The van der Waals surface area contributed by atoms with Crippen LogP contribution in [-0.2, 0) is 0 Å². The molecule has 11 heavy (non-hydrogen) atoms. The molecule has 0 aromatic carbocycles. The minimum Gasteiger partial charge on any atom is -0.151 e. The van der Waals surface area contributed by atoms with Gasteiger partial charge in [0.15, 0.2) is 0 Å². The van der Waals surface area contributed by atoms with Gasteiger partial charge in [0, 0.05) is 15.9 Å². The van der Waals surface area contributed by atoms with Gasteiger partial charge in [0.05, 0.1) is 6.54 Å². The summed E-state index contributed by atoms with van der Waals surface area (Å²) in [7, 11) is 0. The fraction of sp³-hybridized carbons (Fsp3) is 0.143. The van der Waals surface area contributed by atoms with E-state index >= 15 is 0 Å². The van der Waals surface area contributed by atoms with Crippen molar-refractivity contribution in [1.82, 2.24) is 0 Å². The zero-order valence-corrected chi connectivity index (χ0v) is 6.51. The van der Waals surface area contributed by atoms with E-state index in [0.29, 0.717) is 0 Å². The third kappa shape index (κ3) is 2.76. The third-order valence-electron chi connectivity index (χ3n) is 0.967. The van der Waals surface area contributed by atoms with Crippen molar-refractivity contribution in [2.45, 2.75) is 0 Å². The normalized spacial score (nSPS) is 7.64. The van der Waals surface area contributed by atoms with Crippen LogP contribution in [0.3, 0.4) is 0 Å². The van der Waals surface area contributed by atoms with Gasteiger partial charge in [0.1, 0.15) is 0 Å². The van der Waals surface area contributed by atoms with Crippen molar-refractivity contribution >= 4 is 11.3 Å². The van der Waals surface area contributed by atoms with Gasteiger partial charge in [-0.05, 0) is 17.0 Å². The average molecular weight is 163 g/mol. The molecule has 0 saturated heterocycles. The molecule has 0 unspecified atom stereocenters. The second kappa shape index (κ2) is 4.40. The van der Waals surface area contributed by atoms with E-state index in [0.717, 1.165) is 5.56 Å². The van der Waals surface area contributed by atoms with Gasteiger partial charge in [0.2, 0.25) is 0 Å². The van der Waals surface area contributed by atoms with Crippen LogP contribution >= 0.6 is 11.3 Å². The summed E-state index contributed by atoms with van der Waals surface area (Å²) >= 11 is 1.60. The Morgan fingerprint density at radius 2 is 2.64 bits per heavy atom. The fourth-order valence-corrected chi connectivity index (χ4v) is 1.13. The molecule has 54 valence electrons. The number of nitrogens with zero attached hydrogens (tertiary/aromatic N) is 3. The van der Waals surface area contributed by atoms with Crippen LogP contribution in [-0.4, -0.2) is 6.54 Å². The monoisotopic (exact) mass is 163 g/mol. The zero-order chi connectivity index (χ0) is 7.94. The highest BCUT2D eigenvalue weighted by molar-refractivity contribution is 7.08. The van der Waals surface area contributed by atoms with Crippen LogP contribution < -0.4 is 0 Å². The van der Waals surface area contributed by atoms with Crippen LogP contribution in [0, 0.1) is 11.8 Å². The van der Waals surface area contributed by atoms with Crippen LogP contribution in [0.15, 0.2) is 21.9 Å². The zero-order valence-electron chi connectivity index (χ0n) is 5.69. The van der Waals surface area contributed by atoms with Crippen LogP contribution in [0.5, 0.6) is 0 Å². The number of rotatable bonds is 1. The van der Waals surface area contributed by atoms with Crippen LogP contribution in [0.4, 0.5) is 0 Å². The van der Waals surface area contributed by atoms with E-state index in [2.05, 4.69) is 21.9 Å². The average Bonchev–Trinajstić information content (AvgIpc) is 2.50. The molecular formula is C7H5N3S. The van der Waals surface area contributed by atoms with E-state index in [1.54, 1.807) is 11.3 Å². The van der Waals surface area contributed by atoms with E-state index in [1.807, 2.05) is 16.8 Å². The van der Waals surface area contributed by atoms with Gasteiger partial charge in [-0.2, -0.15) is 11.3 Å². The number of hydrogen-bond donors (Lipinski definition) is 0. The molecule has 0 saturated carbocycles. The van der Waals surface area contributed by atoms with Crippen molar-refractivity contribution in [3.63, 3.8) is 0 Å². The molecule has 0 atom stereocenters. The van der Waals surface area contributed by atoms with Crippen molar-refractivity contribution in [2.75, 3.05) is 6.54 Å². The Bertz CT molecular complexity index is 311. The van der Waals surface area contributed by atoms with Gasteiger partial charge < -0.3 is 0 Å². The minimum atomic E-state index is 0.242. The van der Waals surface area contributed by atoms with Gasteiger partial charge in [-0.25, -0.2) is 0 Å². The summed E-state index contributed by atoms with van der Waals surface area (Å²) in [5, 5.41) is 7.19. The predicted molar refractivity (Wildman–Crippen MR) is 45.2 cm³/mol. The van der Waals surface area contributed by atoms with Crippen molar-refractivity contribution in [3.8, 4) is 11.8 Å². The molecule has 0 radical (unpaired) electrons. The van der Waals surface area contributed by atoms with Crippen molar-refractivity contribution < 1.29 is 0 Å². The van der Waals surface area contributed by atoms with E-state index in [9.17, 15) is 0 Å². The van der Waals surface area contributed by atoms with E-state index < -0.39 is 0 Å². The third-order valence-corrected chi connectivity index (χ3v) is 1.65. The van der Waals surface area contributed by atoms with Crippen LogP contribution in [0.1, 0.15) is 5.56 Å². The lowest BCUT2D eigenvalue weighted by atomic mass is 10.3. The maximum absolute atomic E-state index is 7.92. The van der Waals surface area contributed by atoms with Crippen molar-refractivity contribution in [3.05, 3.63) is 32.8 Å². The van der Waals surface area contributed by atoms with Gasteiger partial charge in [-0.15, -0.1) is 0 Å². The van der Waals surface area contributed by atoms with Gasteiger partial charge in [-0.3, -0.25) is 0 Å². The standard InChI is InChI=1S/C7H5N3S/c8-10-9-4-1-2-7-3-5-11-6-7/h3,5-6H,4H2. The Labute approximate surface area is 68.3 Å². The molecule has 3 nitrogen and oxygen atoms in total. The first-order chi connectivity index (χ1) is 5.43. The molecule has 0 aliphatic carbocycles. The first kappa shape index (κ1) is 7.67. The molecule has 0 N–H and O–H groups in total. The number of thiophene rings is 1. The molecular weight excluding hydrogens is 158 g/mol. The van der Waals surface area contributed by atoms with Crippen molar-refractivity contribution in [2.24, 2.45) is 5.11 Å². The van der Waals surface area contributed by atoms with E-state index in [-0.39, 0.29) is 6.54 Å². The highest BCUT2D eigenvalue weighted by atomic mass is 32.1. The summed E-state index contributed by atoms with van der Waals surface area (Å²) in [5.41, 5.74) is 8.89. The van der Waals surface area contributed by atoms with E-state index in [4.69, 9.17) is 5.53 Å². The summed E-state index contributed by atoms with van der Waals surface area (Å²) in [6.07, 6.45) is 0. The van der Waals surface area contributed by atoms with Crippen LogP contribution in [0.25, 0.3) is 10.4 Å². The molecule has 0 aliphatic rings. The first-order valence-electron chi connectivity index (χ1n) is 2.95. The smallest absolute Gasteiger partial charge is 0.0880 e. The lowest BCUT2D eigenvalue weighted by molar-refractivity contribution is 1.25. The molecule has 1 heterocycles. The second-order valence-corrected chi connectivity index (χ2v) is 2.48. The summed E-state index contributed by atoms with van der Waals surface area (Å²) in [4.78, 5) is 2.58. The molecule has 0 amide bonds. The lowest BCUT2D eigenvalue weighted by Gasteiger charge is -1.73. The summed E-state index contributed by atoms with van der Waals surface area (Å²) in [6.45, 7) is 0.242. The summed E-state index contributed by atoms with van der Waals surface area (Å²) in [6, 6.07) is 1.92. The Morgan fingerprint density at radius 3 is 3.27 bits per heavy atom. The second-order valence-electron chi connectivity index (χ2n) is 1.70. The highest BCUT2D eigenvalue weighted by Gasteiger charge is 1.81. The van der Waals surface area contributed by atoms with E-state index in [1.165, 1.54) is 0 Å². The largest absolute Gasteiger partial charge is 0.151 e. The molecule has 0 aliphatic heterocycles. The predicted octanol–water partition coefficient (Wildman–Crippen LogP) is 2.41. The number of azide groups is 1. The quantitative estimate of drug-likeness (QED) is 0.264. The first-order valence-corrected chi connectivity index (χ1v) is 3.89. The molecule has 1 rings (SSSR count). The van der Waals surface area contributed by atoms with Crippen LogP contribution in [0.2, 0.25) is 0 Å². The molecule has 1 aromatic rings. The Balaban J connectivity index is 2.52. The lowest BCUT2D eigenvalue weighted by Crippen LogP contribution is -1.68. The summed E-state index contributed by atoms with van der Waals surface area (Å²) in [5.74, 6) is 5.58. The maximum atomic E-state index is 7.92. The van der Waals surface area contributed by atoms with Crippen molar-refractivity contribution in [1.29, 1.82) is 0 Å². The fourth-order valence-electron chi connectivity index (χ4n) is 0.544. The molecule has 0 fully saturated rings. The van der Waals surface area contributed by atoms with Gasteiger partial charge in [0.25, 0.3) is 0 Å². The minimum absolute atomic E-state index is 0.242. The molecule has 4 heteroatoms. The van der Waals surface area contributed by atoms with Gasteiger partial charge >= 0.3 is 0 Å². The number of hydrogen-bond acceptors (Lipinski definition) is 2. The Kier molecular flexibility index (Phi) is 3.07. The molecule has 0 spiro atoms. The Morgan fingerprint density at radius 1 is 1.73 bits per heavy atom. The SMILES string of the molecule is [N-]=[N+]=NCC#Cc1ccsc1. The van der Waals surface area contributed by atoms with Gasteiger partial charge in [-0.1, -0.05) is 17.0 Å². The topological polar surface area (TPSA) is 48.8 Å². The highest BCUT2D eigenvalue weighted by Crippen LogP contribution is 2.02. The summed E-state index contributed by atoms with van der Waals surface area (Å²) < 4.78 is 0. The Hall–Kier alpha value is -1.43. The molecule has 1 aromatic heterocycles. The maximum Gasteiger partial charge on any atom is 0.0880 e.